The summed E-state index contributed by atoms with van der Waals surface area (Å²) in [6.45, 7) is 2.81. The SMILES string of the molecule is COc1ccc(C(=O)N2CCN(c3ccc4c(c3)OCO4)C(=O)[C@@H]2C)cc1. The molecule has 140 valence electrons. The van der Waals surface area contributed by atoms with Crippen LogP contribution in [0, 0.1) is 0 Å². The minimum atomic E-state index is -0.557. The van der Waals surface area contributed by atoms with Crippen LogP contribution in [0.15, 0.2) is 42.5 Å². The number of anilines is 1. The highest BCUT2D eigenvalue weighted by Crippen LogP contribution is 2.36. The molecule has 2 aliphatic rings. The number of rotatable bonds is 3. The molecule has 1 saturated heterocycles. The molecule has 2 heterocycles. The average Bonchev–Trinajstić information content (AvgIpc) is 3.17. The van der Waals surface area contributed by atoms with E-state index in [-0.39, 0.29) is 18.6 Å². The van der Waals surface area contributed by atoms with Crippen LogP contribution >= 0.6 is 0 Å². The van der Waals surface area contributed by atoms with Crippen molar-refractivity contribution >= 4 is 17.5 Å². The highest BCUT2D eigenvalue weighted by atomic mass is 16.7. The van der Waals surface area contributed by atoms with Gasteiger partial charge in [0.25, 0.3) is 5.91 Å². The van der Waals surface area contributed by atoms with Gasteiger partial charge in [-0.15, -0.1) is 0 Å². The third kappa shape index (κ3) is 3.05. The van der Waals surface area contributed by atoms with Gasteiger partial charge in [0.15, 0.2) is 11.5 Å². The van der Waals surface area contributed by atoms with Gasteiger partial charge in [-0.3, -0.25) is 9.59 Å². The maximum atomic E-state index is 12.9. The summed E-state index contributed by atoms with van der Waals surface area (Å²) < 4.78 is 15.8. The number of fused-ring (bicyclic) bond motifs is 1. The van der Waals surface area contributed by atoms with Crippen molar-refractivity contribution in [1.29, 1.82) is 0 Å². The largest absolute Gasteiger partial charge is 0.497 e. The van der Waals surface area contributed by atoms with Gasteiger partial charge >= 0.3 is 0 Å². The number of hydrogen-bond acceptors (Lipinski definition) is 5. The minimum absolute atomic E-state index is 0.123. The first-order valence-electron chi connectivity index (χ1n) is 8.74. The summed E-state index contributed by atoms with van der Waals surface area (Å²) in [5, 5.41) is 0. The molecule has 7 nitrogen and oxygen atoms in total. The third-order valence-corrected chi connectivity index (χ3v) is 4.92. The Morgan fingerprint density at radius 1 is 1.07 bits per heavy atom. The Balaban J connectivity index is 1.51. The Bertz CT molecular complexity index is 880. The zero-order valence-electron chi connectivity index (χ0n) is 15.2. The van der Waals surface area contributed by atoms with Crippen LogP contribution in [0.5, 0.6) is 17.2 Å². The normalized spacial score (nSPS) is 18.6. The Kier molecular flexibility index (Phi) is 4.35. The fourth-order valence-corrected chi connectivity index (χ4v) is 3.36. The monoisotopic (exact) mass is 368 g/mol. The number of carbonyl (C=O) groups excluding carboxylic acids is 2. The summed E-state index contributed by atoms with van der Waals surface area (Å²) in [7, 11) is 1.58. The van der Waals surface area contributed by atoms with Crippen LogP contribution in [0.3, 0.4) is 0 Å². The quantitative estimate of drug-likeness (QED) is 0.832. The molecule has 0 unspecified atom stereocenters. The van der Waals surface area contributed by atoms with Gasteiger partial charge in [0, 0.05) is 30.4 Å². The third-order valence-electron chi connectivity index (χ3n) is 4.92. The molecule has 0 bridgehead atoms. The van der Waals surface area contributed by atoms with Crippen LogP contribution in [0.4, 0.5) is 5.69 Å². The first kappa shape index (κ1) is 17.2. The summed E-state index contributed by atoms with van der Waals surface area (Å²) in [5.74, 6) is 1.70. The van der Waals surface area contributed by atoms with E-state index in [1.165, 1.54) is 0 Å². The zero-order chi connectivity index (χ0) is 19.0. The first-order valence-corrected chi connectivity index (χ1v) is 8.74. The van der Waals surface area contributed by atoms with Crippen LogP contribution in [0.25, 0.3) is 0 Å². The topological polar surface area (TPSA) is 68.3 Å². The summed E-state index contributed by atoms with van der Waals surface area (Å²) in [4.78, 5) is 29.0. The van der Waals surface area contributed by atoms with Crippen molar-refractivity contribution in [3.63, 3.8) is 0 Å². The molecule has 2 aromatic carbocycles. The Labute approximate surface area is 157 Å². The van der Waals surface area contributed by atoms with E-state index < -0.39 is 6.04 Å². The van der Waals surface area contributed by atoms with E-state index in [9.17, 15) is 9.59 Å². The number of piperazine rings is 1. The van der Waals surface area contributed by atoms with E-state index in [1.807, 2.05) is 6.07 Å². The van der Waals surface area contributed by atoms with Gasteiger partial charge in [0.05, 0.1) is 7.11 Å². The first-order chi connectivity index (χ1) is 13.1. The molecule has 1 fully saturated rings. The molecular weight excluding hydrogens is 348 g/mol. The standard InChI is InChI=1S/C20H20N2O5/c1-13-19(23)22(15-5-8-17-18(11-15)27-12-26-17)10-9-21(13)20(24)14-3-6-16(25-2)7-4-14/h3-8,11,13H,9-10,12H2,1-2H3/t13-/m0/s1. The van der Waals surface area contributed by atoms with Crippen LogP contribution in [-0.2, 0) is 4.79 Å². The lowest BCUT2D eigenvalue weighted by atomic mass is 10.1. The molecule has 0 radical (unpaired) electrons. The predicted molar refractivity (Wildman–Crippen MR) is 98.4 cm³/mol. The Hall–Kier alpha value is -3.22. The molecule has 1 atom stereocenters. The van der Waals surface area contributed by atoms with Crippen molar-refractivity contribution in [2.45, 2.75) is 13.0 Å². The summed E-state index contributed by atoms with van der Waals surface area (Å²) in [6.07, 6.45) is 0. The number of benzene rings is 2. The van der Waals surface area contributed by atoms with Gasteiger partial charge in [0.1, 0.15) is 11.8 Å². The van der Waals surface area contributed by atoms with Gasteiger partial charge in [-0.1, -0.05) is 0 Å². The van der Waals surface area contributed by atoms with Crippen LogP contribution in [0.2, 0.25) is 0 Å². The Morgan fingerprint density at radius 3 is 2.56 bits per heavy atom. The molecule has 27 heavy (non-hydrogen) atoms. The van der Waals surface area contributed by atoms with Gasteiger partial charge in [0.2, 0.25) is 12.7 Å². The molecule has 4 rings (SSSR count). The molecule has 0 saturated carbocycles. The summed E-state index contributed by atoms with van der Waals surface area (Å²) in [6, 6.07) is 11.8. The molecule has 0 aromatic heterocycles. The molecule has 2 aromatic rings. The summed E-state index contributed by atoms with van der Waals surface area (Å²) >= 11 is 0. The number of carbonyl (C=O) groups is 2. The highest BCUT2D eigenvalue weighted by molar-refractivity contribution is 6.03. The van der Waals surface area contributed by atoms with Crippen LogP contribution in [-0.4, -0.2) is 49.7 Å². The molecule has 0 N–H and O–H groups in total. The van der Waals surface area contributed by atoms with Gasteiger partial charge in [-0.05, 0) is 43.3 Å². The van der Waals surface area contributed by atoms with Gasteiger partial charge < -0.3 is 24.0 Å². The minimum Gasteiger partial charge on any atom is -0.497 e. The maximum Gasteiger partial charge on any atom is 0.254 e. The van der Waals surface area contributed by atoms with Gasteiger partial charge in [-0.25, -0.2) is 0 Å². The zero-order valence-corrected chi connectivity index (χ0v) is 15.2. The number of hydrogen-bond donors (Lipinski definition) is 0. The van der Waals surface area contributed by atoms with E-state index in [2.05, 4.69) is 0 Å². The number of nitrogens with zero attached hydrogens (tertiary/aromatic N) is 2. The Morgan fingerprint density at radius 2 is 1.81 bits per heavy atom. The van der Waals surface area contributed by atoms with Crippen molar-refractivity contribution in [2.24, 2.45) is 0 Å². The number of methoxy groups -OCH3 is 1. The van der Waals surface area contributed by atoms with E-state index in [1.54, 1.807) is 60.2 Å². The van der Waals surface area contributed by atoms with E-state index in [0.717, 1.165) is 5.69 Å². The van der Waals surface area contributed by atoms with Gasteiger partial charge in [-0.2, -0.15) is 0 Å². The van der Waals surface area contributed by atoms with Crippen molar-refractivity contribution in [2.75, 3.05) is 31.9 Å². The maximum absolute atomic E-state index is 12.9. The molecule has 2 amide bonds. The second-order valence-corrected chi connectivity index (χ2v) is 6.43. The number of amides is 2. The molecule has 0 aliphatic carbocycles. The fraction of sp³-hybridized carbons (Fsp3) is 0.300. The van der Waals surface area contributed by atoms with Crippen LogP contribution < -0.4 is 19.1 Å². The molecular formula is C20H20N2O5. The molecule has 7 heteroatoms. The van der Waals surface area contributed by atoms with E-state index in [4.69, 9.17) is 14.2 Å². The molecule has 2 aliphatic heterocycles. The predicted octanol–water partition coefficient (Wildman–Crippen LogP) is 2.30. The smallest absolute Gasteiger partial charge is 0.254 e. The average molecular weight is 368 g/mol. The van der Waals surface area contributed by atoms with E-state index >= 15 is 0 Å². The fourth-order valence-electron chi connectivity index (χ4n) is 3.36. The lowest BCUT2D eigenvalue weighted by Crippen LogP contribution is -2.57. The van der Waals surface area contributed by atoms with Crippen molar-refractivity contribution in [3.05, 3.63) is 48.0 Å². The van der Waals surface area contributed by atoms with Crippen molar-refractivity contribution < 1.29 is 23.8 Å². The summed E-state index contributed by atoms with van der Waals surface area (Å²) in [5.41, 5.74) is 1.28. The number of ether oxygens (including phenoxy) is 3. The molecule has 0 spiro atoms. The second kappa shape index (κ2) is 6.83. The van der Waals surface area contributed by atoms with Crippen LogP contribution in [0.1, 0.15) is 17.3 Å². The van der Waals surface area contributed by atoms with Crippen molar-refractivity contribution in [3.8, 4) is 17.2 Å². The van der Waals surface area contributed by atoms with Crippen molar-refractivity contribution in [1.82, 2.24) is 4.90 Å². The lowest BCUT2D eigenvalue weighted by molar-refractivity contribution is -0.124. The van der Waals surface area contributed by atoms with E-state index in [0.29, 0.717) is 35.9 Å². The highest BCUT2D eigenvalue weighted by Gasteiger charge is 2.35. The lowest BCUT2D eigenvalue weighted by Gasteiger charge is -2.39. The second-order valence-electron chi connectivity index (χ2n) is 6.43.